The molecule has 0 fully saturated rings. The molecule has 0 aromatic rings. The molecule has 0 unspecified atom stereocenters. The largest absolute Gasteiger partial charge is 0.298 e. The summed E-state index contributed by atoms with van der Waals surface area (Å²) in [6.45, 7) is 7.53. The Morgan fingerprint density at radius 1 is 1.56 bits per heavy atom. The molecule has 0 radical (unpaired) electrons. The SMILES string of the molecule is C=C(C=O)CC=C(C)C. The van der Waals surface area contributed by atoms with Gasteiger partial charge in [0.15, 0.2) is 0 Å². The highest BCUT2D eigenvalue weighted by molar-refractivity contribution is 5.72. The van der Waals surface area contributed by atoms with Gasteiger partial charge < -0.3 is 0 Å². The van der Waals surface area contributed by atoms with Gasteiger partial charge in [-0.25, -0.2) is 0 Å². The molecule has 0 spiro atoms. The van der Waals surface area contributed by atoms with Crippen molar-refractivity contribution in [2.45, 2.75) is 20.3 Å². The van der Waals surface area contributed by atoms with E-state index >= 15 is 0 Å². The lowest BCUT2D eigenvalue weighted by Crippen LogP contribution is -1.78. The summed E-state index contributed by atoms with van der Waals surface area (Å²) in [7, 11) is 0. The molecule has 50 valence electrons. The average Bonchev–Trinajstić information content (AvgIpc) is 1.83. The van der Waals surface area contributed by atoms with E-state index in [-0.39, 0.29) is 0 Å². The van der Waals surface area contributed by atoms with Crippen molar-refractivity contribution in [1.29, 1.82) is 0 Å². The van der Waals surface area contributed by atoms with E-state index in [1.54, 1.807) is 0 Å². The van der Waals surface area contributed by atoms with Crippen LogP contribution in [0.2, 0.25) is 0 Å². The van der Waals surface area contributed by atoms with E-state index in [0.29, 0.717) is 12.0 Å². The standard InChI is InChI=1S/C8H12O/c1-7(2)4-5-8(3)6-9/h4,6H,3,5H2,1-2H3. The number of carbonyl (C=O) groups excluding carboxylic acids is 1. The second-order valence-electron chi connectivity index (χ2n) is 2.26. The van der Waals surface area contributed by atoms with Gasteiger partial charge in [0.1, 0.15) is 6.29 Å². The number of carbonyl (C=O) groups is 1. The van der Waals surface area contributed by atoms with Crippen LogP contribution < -0.4 is 0 Å². The Morgan fingerprint density at radius 3 is 2.44 bits per heavy atom. The van der Waals surface area contributed by atoms with Crippen LogP contribution in [0.1, 0.15) is 20.3 Å². The van der Waals surface area contributed by atoms with Crippen LogP contribution in [-0.4, -0.2) is 6.29 Å². The molecule has 0 amide bonds. The van der Waals surface area contributed by atoms with Crippen molar-refractivity contribution in [3.05, 3.63) is 23.8 Å². The summed E-state index contributed by atoms with van der Waals surface area (Å²) in [5.41, 5.74) is 1.86. The lowest BCUT2D eigenvalue weighted by Gasteiger charge is -1.89. The van der Waals surface area contributed by atoms with Crippen LogP contribution in [0.3, 0.4) is 0 Å². The Morgan fingerprint density at radius 2 is 2.11 bits per heavy atom. The van der Waals surface area contributed by atoms with E-state index in [1.807, 2.05) is 19.9 Å². The third-order valence-electron chi connectivity index (χ3n) is 0.939. The summed E-state index contributed by atoms with van der Waals surface area (Å²) in [6, 6.07) is 0. The molecule has 0 N–H and O–H groups in total. The summed E-state index contributed by atoms with van der Waals surface area (Å²) < 4.78 is 0. The van der Waals surface area contributed by atoms with Crippen molar-refractivity contribution in [3.8, 4) is 0 Å². The summed E-state index contributed by atoms with van der Waals surface area (Å²) >= 11 is 0. The second kappa shape index (κ2) is 4.07. The Balaban J connectivity index is 3.63. The first-order valence-corrected chi connectivity index (χ1v) is 2.93. The monoisotopic (exact) mass is 124 g/mol. The quantitative estimate of drug-likeness (QED) is 0.320. The fourth-order valence-electron chi connectivity index (χ4n) is 0.383. The van der Waals surface area contributed by atoms with Gasteiger partial charge in [-0.3, -0.25) is 4.79 Å². The summed E-state index contributed by atoms with van der Waals surface area (Å²) in [5.74, 6) is 0. The zero-order valence-corrected chi connectivity index (χ0v) is 5.98. The Hall–Kier alpha value is -0.850. The number of allylic oxidation sites excluding steroid dienone is 3. The van der Waals surface area contributed by atoms with Gasteiger partial charge in [-0.1, -0.05) is 18.2 Å². The number of rotatable bonds is 3. The van der Waals surface area contributed by atoms with E-state index in [4.69, 9.17) is 0 Å². The molecule has 0 aromatic carbocycles. The average molecular weight is 124 g/mol. The third kappa shape index (κ3) is 5.01. The Bertz CT molecular complexity index is 139. The molecule has 0 heterocycles. The van der Waals surface area contributed by atoms with Gasteiger partial charge in [0.05, 0.1) is 0 Å². The predicted molar refractivity (Wildman–Crippen MR) is 39.3 cm³/mol. The highest BCUT2D eigenvalue weighted by Crippen LogP contribution is 1.98. The number of hydrogen-bond acceptors (Lipinski definition) is 1. The van der Waals surface area contributed by atoms with E-state index in [1.165, 1.54) is 5.57 Å². The van der Waals surface area contributed by atoms with Crippen LogP contribution >= 0.6 is 0 Å². The minimum atomic E-state index is 0.635. The number of hydrogen-bond donors (Lipinski definition) is 0. The minimum absolute atomic E-state index is 0.635. The molecule has 9 heavy (non-hydrogen) atoms. The molecule has 0 saturated heterocycles. The maximum absolute atomic E-state index is 9.99. The molecule has 1 heteroatoms. The molecule has 0 bridgehead atoms. The van der Waals surface area contributed by atoms with E-state index < -0.39 is 0 Å². The Labute approximate surface area is 56.1 Å². The topological polar surface area (TPSA) is 17.1 Å². The maximum atomic E-state index is 9.99. The first-order valence-electron chi connectivity index (χ1n) is 2.93. The van der Waals surface area contributed by atoms with Gasteiger partial charge in [-0.05, 0) is 25.8 Å². The molecular formula is C8H12O. The normalized spacial score (nSPS) is 8.22. The van der Waals surface area contributed by atoms with Gasteiger partial charge in [-0.15, -0.1) is 0 Å². The van der Waals surface area contributed by atoms with Crippen molar-refractivity contribution >= 4 is 6.29 Å². The molecule has 0 saturated carbocycles. The lowest BCUT2D eigenvalue weighted by molar-refractivity contribution is -0.104. The lowest BCUT2D eigenvalue weighted by atomic mass is 10.2. The predicted octanol–water partition coefficient (Wildman–Crippen LogP) is 2.10. The molecule has 0 atom stereocenters. The fourth-order valence-corrected chi connectivity index (χ4v) is 0.383. The van der Waals surface area contributed by atoms with Crippen molar-refractivity contribution in [2.75, 3.05) is 0 Å². The van der Waals surface area contributed by atoms with Crippen LogP contribution in [0, 0.1) is 0 Å². The van der Waals surface area contributed by atoms with Crippen molar-refractivity contribution < 1.29 is 4.79 Å². The van der Waals surface area contributed by atoms with Crippen LogP contribution in [0.5, 0.6) is 0 Å². The first-order chi connectivity index (χ1) is 4.16. The highest BCUT2D eigenvalue weighted by atomic mass is 16.1. The minimum Gasteiger partial charge on any atom is -0.298 e. The summed E-state index contributed by atoms with van der Waals surface area (Å²) in [4.78, 5) is 9.99. The third-order valence-corrected chi connectivity index (χ3v) is 0.939. The maximum Gasteiger partial charge on any atom is 0.145 e. The molecule has 0 aliphatic carbocycles. The van der Waals surface area contributed by atoms with Crippen LogP contribution in [0.25, 0.3) is 0 Å². The van der Waals surface area contributed by atoms with Gasteiger partial charge >= 0.3 is 0 Å². The van der Waals surface area contributed by atoms with E-state index in [2.05, 4.69) is 6.58 Å². The molecule has 0 aliphatic rings. The van der Waals surface area contributed by atoms with Gasteiger partial charge in [0.25, 0.3) is 0 Å². The fraction of sp³-hybridized carbons (Fsp3) is 0.375. The zero-order valence-electron chi connectivity index (χ0n) is 5.98. The second-order valence-corrected chi connectivity index (χ2v) is 2.26. The van der Waals surface area contributed by atoms with Crippen molar-refractivity contribution in [3.63, 3.8) is 0 Å². The van der Waals surface area contributed by atoms with Crippen molar-refractivity contribution in [1.82, 2.24) is 0 Å². The molecule has 1 nitrogen and oxygen atoms in total. The molecule has 0 aromatic heterocycles. The Kier molecular flexibility index (Phi) is 3.69. The van der Waals surface area contributed by atoms with Crippen LogP contribution in [0.15, 0.2) is 23.8 Å². The smallest absolute Gasteiger partial charge is 0.145 e. The molecule has 0 aliphatic heterocycles. The van der Waals surface area contributed by atoms with Gasteiger partial charge in [-0.2, -0.15) is 0 Å². The molecule has 0 rings (SSSR count). The summed E-state index contributed by atoms with van der Waals surface area (Å²) in [6.07, 6.45) is 3.46. The van der Waals surface area contributed by atoms with Crippen LogP contribution in [0.4, 0.5) is 0 Å². The van der Waals surface area contributed by atoms with Crippen LogP contribution in [-0.2, 0) is 4.79 Å². The summed E-state index contributed by atoms with van der Waals surface area (Å²) in [5, 5.41) is 0. The van der Waals surface area contributed by atoms with E-state index in [9.17, 15) is 4.79 Å². The van der Waals surface area contributed by atoms with Gasteiger partial charge in [0, 0.05) is 0 Å². The first kappa shape index (κ1) is 8.15. The van der Waals surface area contributed by atoms with Crippen molar-refractivity contribution in [2.24, 2.45) is 0 Å². The highest BCUT2D eigenvalue weighted by Gasteiger charge is 1.84. The zero-order chi connectivity index (χ0) is 7.28. The van der Waals surface area contributed by atoms with Gasteiger partial charge in [0.2, 0.25) is 0 Å². The molecular weight excluding hydrogens is 112 g/mol. The van der Waals surface area contributed by atoms with E-state index in [0.717, 1.165) is 6.29 Å². The number of aldehydes is 1.